The van der Waals surface area contributed by atoms with Crippen molar-refractivity contribution in [3.8, 4) is 0 Å². The first-order valence-corrected chi connectivity index (χ1v) is 9.96. The van der Waals surface area contributed by atoms with E-state index in [4.69, 9.17) is 4.99 Å². The number of anilines is 1. The molecule has 0 fully saturated rings. The van der Waals surface area contributed by atoms with E-state index in [9.17, 15) is 4.79 Å². The highest BCUT2D eigenvalue weighted by Crippen LogP contribution is 2.12. The summed E-state index contributed by atoms with van der Waals surface area (Å²) in [6.07, 6.45) is 0. The van der Waals surface area contributed by atoms with Crippen LogP contribution in [-0.4, -0.2) is 55.9 Å². The molecule has 0 aliphatic rings. The van der Waals surface area contributed by atoms with Crippen LogP contribution in [0.1, 0.15) is 23.6 Å². The van der Waals surface area contributed by atoms with Gasteiger partial charge >= 0.3 is 0 Å². The van der Waals surface area contributed by atoms with Gasteiger partial charge in [0.05, 0.1) is 13.1 Å². The van der Waals surface area contributed by atoms with Gasteiger partial charge in [-0.2, -0.15) is 0 Å². The average molecular weight is 396 g/mol. The van der Waals surface area contributed by atoms with Gasteiger partial charge in [0.2, 0.25) is 5.91 Å². The van der Waals surface area contributed by atoms with Gasteiger partial charge in [-0.05, 0) is 51.2 Å². The number of carbonyl (C=O) groups excluding carboxylic acids is 1. The minimum absolute atomic E-state index is 0.0261. The van der Waals surface area contributed by atoms with Gasteiger partial charge in [-0.1, -0.05) is 42.0 Å². The summed E-state index contributed by atoms with van der Waals surface area (Å²) in [5, 5.41) is 6.28. The Balaban J connectivity index is 2.04. The summed E-state index contributed by atoms with van der Waals surface area (Å²) in [5.74, 6) is 0.831. The smallest absolute Gasteiger partial charge is 0.238 e. The molecule has 0 radical (unpaired) electrons. The molecule has 6 nitrogen and oxygen atoms in total. The van der Waals surface area contributed by atoms with Gasteiger partial charge in [0.15, 0.2) is 5.96 Å². The highest BCUT2D eigenvalue weighted by Gasteiger charge is 2.08. The molecule has 0 spiro atoms. The first-order valence-electron chi connectivity index (χ1n) is 9.96. The number of aryl methyl sites for hydroxylation is 1. The van der Waals surface area contributed by atoms with E-state index in [0.29, 0.717) is 13.1 Å². The lowest BCUT2D eigenvalue weighted by Gasteiger charge is -2.22. The molecule has 6 heteroatoms. The second kappa shape index (κ2) is 11.2. The molecule has 2 rings (SSSR count). The number of hydrogen-bond acceptors (Lipinski definition) is 3. The summed E-state index contributed by atoms with van der Waals surface area (Å²) >= 11 is 0. The van der Waals surface area contributed by atoms with Crippen LogP contribution in [0.25, 0.3) is 0 Å². The second-order valence-corrected chi connectivity index (χ2v) is 7.50. The summed E-state index contributed by atoms with van der Waals surface area (Å²) in [6, 6.07) is 16.4. The monoisotopic (exact) mass is 395 g/mol. The van der Waals surface area contributed by atoms with Crippen molar-refractivity contribution in [2.24, 2.45) is 4.99 Å². The van der Waals surface area contributed by atoms with Crippen molar-refractivity contribution in [1.82, 2.24) is 15.1 Å². The van der Waals surface area contributed by atoms with Gasteiger partial charge < -0.3 is 20.4 Å². The Kier molecular flexibility index (Phi) is 8.68. The number of rotatable bonds is 8. The van der Waals surface area contributed by atoms with Gasteiger partial charge in [-0.15, -0.1) is 0 Å². The van der Waals surface area contributed by atoms with Crippen molar-refractivity contribution in [1.29, 1.82) is 0 Å². The summed E-state index contributed by atoms with van der Waals surface area (Å²) in [7, 11) is 5.79. The highest BCUT2D eigenvalue weighted by atomic mass is 16.2. The number of likely N-dealkylation sites (N-methyl/N-ethyl adjacent to an activating group) is 1. The van der Waals surface area contributed by atoms with Crippen LogP contribution in [0.4, 0.5) is 5.69 Å². The lowest BCUT2D eigenvalue weighted by Crippen LogP contribution is -2.38. The van der Waals surface area contributed by atoms with Crippen molar-refractivity contribution in [2.75, 3.05) is 39.5 Å². The largest absolute Gasteiger partial charge is 0.357 e. The fraction of sp³-hybridized carbons (Fsp3) is 0.391. The first-order chi connectivity index (χ1) is 13.9. The Labute approximate surface area is 174 Å². The van der Waals surface area contributed by atoms with Crippen molar-refractivity contribution in [3.63, 3.8) is 0 Å². The number of benzene rings is 2. The molecule has 0 aliphatic heterocycles. The van der Waals surface area contributed by atoms with Gasteiger partial charge in [0, 0.05) is 25.8 Å². The van der Waals surface area contributed by atoms with Gasteiger partial charge in [-0.25, -0.2) is 4.99 Å². The third kappa shape index (κ3) is 7.95. The number of amides is 1. The van der Waals surface area contributed by atoms with Crippen molar-refractivity contribution in [2.45, 2.75) is 26.9 Å². The third-order valence-electron chi connectivity index (χ3n) is 4.32. The minimum atomic E-state index is -0.0261. The number of guanidine groups is 1. The number of nitrogens with zero attached hydrogens (tertiary/aromatic N) is 3. The molecular formula is C23H33N5O. The summed E-state index contributed by atoms with van der Waals surface area (Å²) < 4.78 is 0. The van der Waals surface area contributed by atoms with Gasteiger partial charge in [-0.3, -0.25) is 4.79 Å². The van der Waals surface area contributed by atoms with Crippen LogP contribution >= 0.6 is 0 Å². The zero-order valence-electron chi connectivity index (χ0n) is 18.2. The molecule has 0 unspecified atom stereocenters. The van der Waals surface area contributed by atoms with E-state index < -0.39 is 0 Å². The number of nitrogens with one attached hydrogen (secondary N) is 2. The van der Waals surface area contributed by atoms with Crippen LogP contribution in [0.2, 0.25) is 0 Å². The summed E-state index contributed by atoms with van der Waals surface area (Å²) in [6.45, 7) is 6.64. The predicted octanol–water partition coefficient (Wildman–Crippen LogP) is 3.09. The van der Waals surface area contributed by atoms with Crippen molar-refractivity contribution < 1.29 is 4.79 Å². The Morgan fingerprint density at radius 1 is 1.03 bits per heavy atom. The van der Waals surface area contributed by atoms with E-state index in [1.807, 2.05) is 50.3 Å². The predicted molar refractivity (Wildman–Crippen MR) is 121 cm³/mol. The average Bonchev–Trinajstić information content (AvgIpc) is 2.66. The number of aliphatic imine (C=N–C) groups is 1. The Morgan fingerprint density at radius 2 is 1.76 bits per heavy atom. The molecule has 156 valence electrons. The van der Waals surface area contributed by atoms with Crippen LogP contribution in [0.15, 0.2) is 53.5 Å². The zero-order chi connectivity index (χ0) is 21.2. The van der Waals surface area contributed by atoms with Gasteiger partial charge in [0.25, 0.3) is 0 Å². The molecule has 29 heavy (non-hydrogen) atoms. The molecule has 0 bridgehead atoms. The highest BCUT2D eigenvalue weighted by molar-refractivity contribution is 5.92. The van der Waals surface area contributed by atoms with Crippen LogP contribution < -0.4 is 10.6 Å². The Bertz CT molecular complexity index is 814. The molecule has 0 atom stereocenters. The lowest BCUT2D eigenvalue weighted by atomic mass is 10.1. The van der Waals surface area contributed by atoms with Crippen molar-refractivity contribution >= 4 is 17.6 Å². The molecular weight excluding hydrogens is 362 g/mol. The first kappa shape index (κ1) is 22.4. The molecule has 0 aromatic heterocycles. The molecule has 0 aliphatic carbocycles. The van der Waals surface area contributed by atoms with E-state index in [-0.39, 0.29) is 5.91 Å². The normalized spacial score (nSPS) is 11.4. The fourth-order valence-corrected chi connectivity index (χ4v) is 2.91. The van der Waals surface area contributed by atoms with Crippen LogP contribution in [0.5, 0.6) is 0 Å². The second-order valence-electron chi connectivity index (χ2n) is 7.50. The summed E-state index contributed by atoms with van der Waals surface area (Å²) in [5.41, 5.74) is 4.35. The number of hydrogen-bond donors (Lipinski definition) is 2. The maximum absolute atomic E-state index is 12.0. The summed E-state index contributed by atoms with van der Waals surface area (Å²) in [4.78, 5) is 20.7. The molecule has 0 heterocycles. The van der Waals surface area contributed by atoms with Crippen LogP contribution in [0.3, 0.4) is 0 Å². The van der Waals surface area contributed by atoms with Crippen LogP contribution in [-0.2, 0) is 17.9 Å². The molecule has 1 amide bonds. The zero-order valence-corrected chi connectivity index (χ0v) is 18.2. The van der Waals surface area contributed by atoms with E-state index in [0.717, 1.165) is 30.3 Å². The maximum Gasteiger partial charge on any atom is 0.238 e. The molecule has 2 aromatic carbocycles. The van der Waals surface area contributed by atoms with Crippen molar-refractivity contribution in [3.05, 3.63) is 65.2 Å². The van der Waals surface area contributed by atoms with E-state index in [2.05, 4.69) is 53.6 Å². The standard InChI is InChI=1S/C23H33N5O/c1-6-24-23(28(5)16-19-12-10-18(2)11-13-19)25-15-20-8-7-9-21(14-20)26-22(29)17-27(3)4/h7-14H,6,15-17H2,1-5H3,(H,24,25)(H,26,29). The fourth-order valence-electron chi connectivity index (χ4n) is 2.91. The van der Waals surface area contributed by atoms with Crippen LogP contribution in [0, 0.1) is 6.92 Å². The topological polar surface area (TPSA) is 60.0 Å². The van der Waals surface area contributed by atoms with E-state index in [1.165, 1.54) is 11.1 Å². The van der Waals surface area contributed by atoms with E-state index >= 15 is 0 Å². The molecule has 0 saturated heterocycles. The lowest BCUT2D eigenvalue weighted by molar-refractivity contribution is -0.116. The van der Waals surface area contributed by atoms with Gasteiger partial charge in [0.1, 0.15) is 0 Å². The Morgan fingerprint density at radius 3 is 2.41 bits per heavy atom. The van der Waals surface area contributed by atoms with E-state index in [1.54, 1.807) is 0 Å². The molecule has 2 N–H and O–H groups in total. The molecule has 2 aromatic rings. The quantitative estimate of drug-likeness (QED) is 0.533. The Hall–Kier alpha value is -2.86. The third-order valence-corrected chi connectivity index (χ3v) is 4.32. The number of carbonyl (C=O) groups is 1. The SMILES string of the molecule is CCNC(=NCc1cccc(NC(=O)CN(C)C)c1)N(C)Cc1ccc(C)cc1. The minimum Gasteiger partial charge on any atom is -0.357 e. The maximum atomic E-state index is 12.0. The molecule has 0 saturated carbocycles.